The molecule has 0 bridgehead atoms. The third-order valence-electron chi connectivity index (χ3n) is 5.02. The molecule has 4 rings (SSSR count). The Morgan fingerprint density at radius 3 is 2.39 bits per heavy atom. The Labute approximate surface area is 162 Å². The molecule has 9 nitrogen and oxygen atoms in total. The van der Waals surface area contributed by atoms with Gasteiger partial charge in [-0.05, 0) is 6.07 Å². The van der Waals surface area contributed by atoms with Gasteiger partial charge in [0.05, 0.1) is 32.3 Å². The molecule has 9 heteroatoms. The highest BCUT2D eigenvalue weighted by Gasteiger charge is 2.25. The lowest BCUT2D eigenvalue weighted by Gasteiger charge is -2.35. The lowest BCUT2D eigenvalue weighted by molar-refractivity contribution is 0.0737. The van der Waals surface area contributed by atoms with Crippen LogP contribution in [0.5, 0.6) is 11.5 Å². The van der Waals surface area contributed by atoms with Crippen molar-refractivity contribution in [2.75, 3.05) is 45.3 Å². The number of aryl methyl sites for hydroxylation is 1. The number of fused-ring (bicyclic) bond motifs is 1. The highest BCUT2D eigenvalue weighted by molar-refractivity contribution is 5.93. The average Bonchev–Trinajstić information content (AvgIpc) is 3.17. The van der Waals surface area contributed by atoms with E-state index in [4.69, 9.17) is 9.47 Å². The maximum Gasteiger partial charge on any atom is 0.272 e. The molecule has 1 amide bonds. The Morgan fingerprint density at radius 2 is 1.75 bits per heavy atom. The Balaban J connectivity index is 1.57. The second kappa shape index (κ2) is 7.34. The first-order valence-corrected chi connectivity index (χ1v) is 8.99. The number of ether oxygens (including phenoxy) is 2. The average molecular weight is 382 g/mol. The molecule has 0 N–H and O–H groups in total. The third-order valence-corrected chi connectivity index (χ3v) is 5.02. The highest BCUT2D eigenvalue weighted by Crippen LogP contribution is 2.34. The first-order chi connectivity index (χ1) is 13.6. The fraction of sp³-hybridized carbons (Fsp3) is 0.368. The molecule has 0 aliphatic carbocycles. The zero-order chi connectivity index (χ0) is 19.7. The number of imidazole rings is 1. The Kier molecular flexibility index (Phi) is 4.72. The summed E-state index contributed by atoms with van der Waals surface area (Å²) in [5, 5.41) is 0.895. The van der Waals surface area contributed by atoms with E-state index in [0.29, 0.717) is 43.4 Å². The molecule has 1 fully saturated rings. The zero-order valence-corrected chi connectivity index (χ0v) is 16.1. The quantitative estimate of drug-likeness (QED) is 0.673. The van der Waals surface area contributed by atoms with Crippen LogP contribution in [0.25, 0.3) is 10.9 Å². The fourth-order valence-electron chi connectivity index (χ4n) is 3.47. The molecule has 0 saturated carbocycles. The van der Waals surface area contributed by atoms with Gasteiger partial charge < -0.3 is 23.8 Å². The number of amides is 1. The van der Waals surface area contributed by atoms with Crippen molar-refractivity contribution in [3.63, 3.8) is 0 Å². The van der Waals surface area contributed by atoms with E-state index in [9.17, 15) is 4.79 Å². The second-order valence-corrected chi connectivity index (χ2v) is 6.59. The van der Waals surface area contributed by atoms with Crippen molar-refractivity contribution in [2.24, 2.45) is 7.05 Å². The standard InChI is InChI=1S/C19H22N6O3/c1-23-12-20-10-15(23)19(26)25-6-4-24(5-7-25)18-13-8-16(27-2)17(28-3)9-14(13)21-11-22-18/h8-12H,4-7H2,1-3H3. The minimum absolute atomic E-state index is 0.00130. The van der Waals surface area contributed by atoms with Gasteiger partial charge in [0, 0.05) is 44.7 Å². The molecule has 3 heterocycles. The summed E-state index contributed by atoms with van der Waals surface area (Å²) in [5.74, 6) is 2.10. The number of methoxy groups -OCH3 is 2. The number of anilines is 1. The molecule has 1 saturated heterocycles. The van der Waals surface area contributed by atoms with Crippen molar-refractivity contribution in [3.05, 3.63) is 36.7 Å². The van der Waals surface area contributed by atoms with Gasteiger partial charge in [-0.1, -0.05) is 0 Å². The van der Waals surface area contributed by atoms with E-state index in [0.717, 1.165) is 16.7 Å². The second-order valence-electron chi connectivity index (χ2n) is 6.59. The minimum Gasteiger partial charge on any atom is -0.493 e. The number of nitrogens with zero attached hydrogens (tertiary/aromatic N) is 6. The first kappa shape index (κ1) is 18.0. The van der Waals surface area contributed by atoms with E-state index in [1.54, 1.807) is 37.6 Å². The first-order valence-electron chi connectivity index (χ1n) is 8.99. The number of carbonyl (C=O) groups is 1. The number of piperazine rings is 1. The van der Waals surface area contributed by atoms with Crippen LogP contribution in [0.15, 0.2) is 31.0 Å². The Hall–Kier alpha value is -3.36. The predicted octanol–water partition coefficient (Wildman–Crippen LogP) is 1.34. The third kappa shape index (κ3) is 3.08. The van der Waals surface area contributed by atoms with Gasteiger partial charge in [-0.25, -0.2) is 15.0 Å². The topological polar surface area (TPSA) is 85.6 Å². The number of hydrogen-bond donors (Lipinski definition) is 0. The molecular weight excluding hydrogens is 360 g/mol. The number of aromatic nitrogens is 4. The largest absolute Gasteiger partial charge is 0.493 e. The number of carbonyl (C=O) groups excluding carboxylic acids is 1. The summed E-state index contributed by atoms with van der Waals surface area (Å²) in [6.07, 6.45) is 4.79. The molecule has 2 aromatic heterocycles. The molecule has 1 aliphatic heterocycles. The van der Waals surface area contributed by atoms with Crippen LogP contribution in [-0.4, -0.2) is 70.7 Å². The molecule has 0 unspecified atom stereocenters. The SMILES string of the molecule is COc1cc2ncnc(N3CCN(C(=O)c4cncn4C)CC3)c2cc1OC. The smallest absolute Gasteiger partial charge is 0.272 e. The minimum atomic E-state index is -0.00130. The van der Waals surface area contributed by atoms with Gasteiger partial charge in [-0.2, -0.15) is 0 Å². The van der Waals surface area contributed by atoms with Crippen molar-refractivity contribution < 1.29 is 14.3 Å². The summed E-state index contributed by atoms with van der Waals surface area (Å²) in [6, 6.07) is 3.75. The van der Waals surface area contributed by atoms with Crippen LogP contribution >= 0.6 is 0 Å². The molecular formula is C19H22N6O3. The fourth-order valence-corrected chi connectivity index (χ4v) is 3.47. The molecule has 1 aromatic carbocycles. The molecule has 28 heavy (non-hydrogen) atoms. The van der Waals surface area contributed by atoms with Crippen LogP contribution in [0.1, 0.15) is 10.5 Å². The van der Waals surface area contributed by atoms with Gasteiger partial charge in [0.1, 0.15) is 17.8 Å². The molecule has 146 valence electrons. The van der Waals surface area contributed by atoms with Crippen molar-refractivity contribution in [1.29, 1.82) is 0 Å². The van der Waals surface area contributed by atoms with Gasteiger partial charge in [-0.3, -0.25) is 4.79 Å². The summed E-state index contributed by atoms with van der Waals surface area (Å²) >= 11 is 0. The van der Waals surface area contributed by atoms with Crippen LogP contribution in [0.3, 0.4) is 0 Å². The monoisotopic (exact) mass is 382 g/mol. The van der Waals surface area contributed by atoms with Crippen molar-refractivity contribution in [1.82, 2.24) is 24.4 Å². The van der Waals surface area contributed by atoms with E-state index in [1.165, 1.54) is 0 Å². The molecule has 3 aromatic rings. The number of rotatable bonds is 4. The van der Waals surface area contributed by atoms with Gasteiger partial charge in [0.2, 0.25) is 0 Å². The maximum atomic E-state index is 12.7. The van der Waals surface area contributed by atoms with Crippen LogP contribution in [-0.2, 0) is 7.05 Å². The lowest BCUT2D eigenvalue weighted by Crippen LogP contribution is -2.49. The summed E-state index contributed by atoms with van der Waals surface area (Å²) in [5.41, 5.74) is 1.38. The van der Waals surface area contributed by atoms with E-state index in [2.05, 4.69) is 19.9 Å². The molecule has 0 spiro atoms. The van der Waals surface area contributed by atoms with Crippen LogP contribution in [0.4, 0.5) is 5.82 Å². The maximum absolute atomic E-state index is 12.7. The molecule has 0 radical (unpaired) electrons. The van der Waals surface area contributed by atoms with Crippen LogP contribution in [0, 0.1) is 0 Å². The lowest BCUT2D eigenvalue weighted by atomic mass is 10.2. The van der Waals surface area contributed by atoms with Gasteiger partial charge in [0.15, 0.2) is 11.5 Å². The normalized spacial score (nSPS) is 14.4. The molecule has 1 aliphatic rings. The Morgan fingerprint density at radius 1 is 1.04 bits per heavy atom. The Bertz CT molecular complexity index is 1010. The number of benzene rings is 1. The summed E-state index contributed by atoms with van der Waals surface area (Å²) in [6.45, 7) is 2.60. The van der Waals surface area contributed by atoms with Crippen molar-refractivity contribution in [3.8, 4) is 11.5 Å². The van der Waals surface area contributed by atoms with Crippen LogP contribution in [0.2, 0.25) is 0 Å². The van der Waals surface area contributed by atoms with Crippen molar-refractivity contribution >= 4 is 22.6 Å². The van der Waals surface area contributed by atoms with Crippen LogP contribution < -0.4 is 14.4 Å². The van der Waals surface area contributed by atoms with E-state index in [1.807, 2.05) is 24.1 Å². The van der Waals surface area contributed by atoms with E-state index >= 15 is 0 Å². The van der Waals surface area contributed by atoms with E-state index in [-0.39, 0.29) is 5.91 Å². The van der Waals surface area contributed by atoms with Gasteiger partial charge in [0.25, 0.3) is 5.91 Å². The predicted molar refractivity (Wildman–Crippen MR) is 104 cm³/mol. The van der Waals surface area contributed by atoms with E-state index < -0.39 is 0 Å². The van der Waals surface area contributed by atoms with Crippen molar-refractivity contribution in [2.45, 2.75) is 0 Å². The molecule has 0 atom stereocenters. The highest BCUT2D eigenvalue weighted by atomic mass is 16.5. The summed E-state index contributed by atoms with van der Waals surface area (Å²) in [7, 11) is 5.03. The van der Waals surface area contributed by atoms with Gasteiger partial charge in [-0.15, -0.1) is 0 Å². The van der Waals surface area contributed by atoms with Gasteiger partial charge >= 0.3 is 0 Å². The number of hydrogen-bond acceptors (Lipinski definition) is 7. The zero-order valence-electron chi connectivity index (χ0n) is 16.1. The summed E-state index contributed by atoms with van der Waals surface area (Å²) < 4.78 is 12.5. The summed E-state index contributed by atoms with van der Waals surface area (Å²) in [4.78, 5) is 29.6.